The normalized spacial score (nSPS) is 29.6. The number of para-hydroxylation sites is 2. The number of thioether (sulfide) groups is 2. The fourth-order valence-corrected chi connectivity index (χ4v) is 6.62. The Kier molecular flexibility index (Phi) is 3.01. The molecule has 0 radical (unpaired) electrons. The van der Waals surface area contributed by atoms with E-state index >= 15 is 0 Å². The molecule has 0 amide bonds. The van der Waals surface area contributed by atoms with Crippen molar-refractivity contribution in [2.75, 3.05) is 23.9 Å². The number of fused-ring (bicyclic) bond motifs is 2. The molecule has 0 aromatic heterocycles. The fourth-order valence-electron chi connectivity index (χ4n) is 3.48. The Labute approximate surface area is 140 Å². The molecule has 2 atom stereocenters. The molecular formula is C18H20N2S2. The highest BCUT2D eigenvalue weighted by molar-refractivity contribution is 8.05. The van der Waals surface area contributed by atoms with Crippen LogP contribution in [-0.4, -0.2) is 23.8 Å². The summed E-state index contributed by atoms with van der Waals surface area (Å²) in [4.78, 5) is 7.58. The highest BCUT2D eigenvalue weighted by Gasteiger charge is 2.58. The minimum Gasteiger partial charge on any atom is -0.356 e. The van der Waals surface area contributed by atoms with Crippen molar-refractivity contribution in [2.24, 2.45) is 0 Å². The largest absolute Gasteiger partial charge is 0.356 e. The second kappa shape index (κ2) is 4.62. The number of nitrogens with zero attached hydrogens (tertiary/aromatic N) is 2. The Hall–Kier alpha value is -1.26. The summed E-state index contributed by atoms with van der Waals surface area (Å²) in [5.41, 5.74) is 2.67. The molecule has 114 valence electrons. The van der Waals surface area contributed by atoms with E-state index in [1.165, 1.54) is 21.2 Å². The molecule has 2 nitrogen and oxygen atoms in total. The standard InChI is InChI=1S/C18H20N2S2/c1-17(19(3)13-9-5-7-11-15(13)21-17)18(2)20(4)14-10-6-8-12-16(14)22-18/h5-12H,1-4H3. The van der Waals surface area contributed by atoms with E-state index < -0.39 is 0 Å². The van der Waals surface area contributed by atoms with E-state index in [-0.39, 0.29) is 9.74 Å². The lowest BCUT2D eigenvalue weighted by atomic mass is 10.1. The van der Waals surface area contributed by atoms with Gasteiger partial charge < -0.3 is 9.80 Å². The van der Waals surface area contributed by atoms with E-state index in [4.69, 9.17) is 0 Å². The molecule has 0 aliphatic carbocycles. The Balaban J connectivity index is 1.80. The third-order valence-electron chi connectivity index (χ3n) is 5.21. The van der Waals surface area contributed by atoms with Gasteiger partial charge in [-0.05, 0) is 38.1 Å². The molecule has 0 fully saturated rings. The van der Waals surface area contributed by atoms with Gasteiger partial charge in [0.15, 0.2) is 0 Å². The van der Waals surface area contributed by atoms with Gasteiger partial charge in [-0.15, -0.1) is 0 Å². The van der Waals surface area contributed by atoms with Gasteiger partial charge in [-0.1, -0.05) is 47.8 Å². The highest BCUT2D eigenvalue weighted by Crippen LogP contribution is 2.63. The number of rotatable bonds is 1. The van der Waals surface area contributed by atoms with Gasteiger partial charge in [0.25, 0.3) is 0 Å². The molecule has 2 aromatic rings. The molecule has 2 heterocycles. The zero-order chi connectivity index (χ0) is 15.5. The second-order valence-corrected chi connectivity index (χ2v) is 9.10. The SMILES string of the molecule is CN1c2ccccc2SC1(C)C1(C)Sc2ccccc2N1C. The molecule has 2 aliphatic rings. The molecule has 0 saturated carbocycles. The zero-order valence-electron chi connectivity index (χ0n) is 13.3. The quantitative estimate of drug-likeness (QED) is 0.734. The molecular weight excluding hydrogens is 308 g/mol. The minimum atomic E-state index is -0.0326. The molecule has 0 bridgehead atoms. The van der Waals surface area contributed by atoms with Gasteiger partial charge in [-0.2, -0.15) is 0 Å². The van der Waals surface area contributed by atoms with Crippen LogP contribution in [0, 0.1) is 0 Å². The van der Waals surface area contributed by atoms with Crippen molar-refractivity contribution < 1.29 is 0 Å². The maximum absolute atomic E-state index is 2.45. The van der Waals surface area contributed by atoms with E-state index in [1.54, 1.807) is 0 Å². The lowest BCUT2D eigenvalue weighted by molar-refractivity contribution is 0.476. The second-order valence-electron chi connectivity index (χ2n) is 6.22. The smallest absolute Gasteiger partial charge is 0.120 e. The van der Waals surface area contributed by atoms with Crippen LogP contribution in [0.25, 0.3) is 0 Å². The molecule has 0 N–H and O–H groups in total. The lowest BCUT2D eigenvalue weighted by Gasteiger charge is -2.49. The summed E-state index contributed by atoms with van der Waals surface area (Å²) in [6, 6.07) is 17.4. The van der Waals surface area contributed by atoms with E-state index in [2.05, 4.69) is 86.3 Å². The first-order valence-electron chi connectivity index (χ1n) is 7.51. The van der Waals surface area contributed by atoms with Gasteiger partial charge in [0, 0.05) is 23.9 Å². The third-order valence-corrected chi connectivity index (χ3v) is 8.61. The van der Waals surface area contributed by atoms with Crippen LogP contribution in [0.15, 0.2) is 58.3 Å². The van der Waals surface area contributed by atoms with Crippen molar-refractivity contribution in [3.8, 4) is 0 Å². The van der Waals surface area contributed by atoms with Crippen LogP contribution in [0.3, 0.4) is 0 Å². The fraction of sp³-hybridized carbons (Fsp3) is 0.333. The van der Waals surface area contributed by atoms with Crippen LogP contribution in [0.4, 0.5) is 11.4 Å². The van der Waals surface area contributed by atoms with Gasteiger partial charge in [-0.25, -0.2) is 0 Å². The molecule has 2 aliphatic heterocycles. The summed E-state index contributed by atoms with van der Waals surface area (Å²) in [6.07, 6.45) is 0. The summed E-state index contributed by atoms with van der Waals surface area (Å²) in [5.74, 6) is 0. The summed E-state index contributed by atoms with van der Waals surface area (Å²) in [5, 5.41) is 0. The summed E-state index contributed by atoms with van der Waals surface area (Å²) < 4.78 is 0. The Morgan fingerprint density at radius 2 is 1.05 bits per heavy atom. The van der Waals surface area contributed by atoms with Crippen molar-refractivity contribution in [3.63, 3.8) is 0 Å². The number of benzene rings is 2. The third kappa shape index (κ3) is 1.65. The zero-order valence-corrected chi connectivity index (χ0v) is 15.0. The average Bonchev–Trinajstić information content (AvgIpc) is 2.95. The predicted octanol–water partition coefficient (Wildman–Crippen LogP) is 4.90. The van der Waals surface area contributed by atoms with Gasteiger partial charge in [0.1, 0.15) is 9.74 Å². The van der Waals surface area contributed by atoms with Gasteiger partial charge >= 0.3 is 0 Å². The van der Waals surface area contributed by atoms with Crippen molar-refractivity contribution in [1.29, 1.82) is 0 Å². The topological polar surface area (TPSA) is 6.48 Å². The maximum atomic E-state index is 2.45. The van der Waals surface area contributed by atoms with E-state index in [0.29, 0.717) is 0 Å². The van der Waals surface area contributed by atoms with E-state index in [9.17, 15) is 0 Å². The highest BCUT2D eigenvalue weighted by atomic mass is 32.2. The van der Waals surface area contributed by atoms with Crippen LogP contribution in [0.1, 0.15) is 13.8 Å². The van der Waals surface area contributed by atoms with Crippen molar-refractivity contribution in [3.05, 3.63) is 48.5 Å². The van der Waals surface area contributed by atoms with Crippen molar-refractivity contribution in [1.82, 2.24) is 0 Å². The number of likely N-dealkylation sites (N-methyl/N-ethyl adjacent to an activating group) is 2. The molecule has 22 heavy (non-hydrogen) atoms. The molecule has 0 saturated heterocycles. The first-order valence-corrected chi connectivity index (χ1v) is 9.14. The lowest BCUT2D eigenvalue weighted by Crippen LogP contribution is -2.60. The molecule has 2 aromatic carbocycles. The van der Waals surface area contributed by atoms with Crippen LogP contribution in [-0.2, 0) is 0 Å². The first-order chi connectivity index (χ1) is 10.5. The van der Waals surface area contributed by atoms with Crippen LogP contribution >= 0.6 is 23.5 Å². The number of hydrogen-bond acceptors (Lipinski definition) is 4. The first kappa shape index (κ1) is 14.3. The predicted molar refractivity (Wildman–Crippen MR) is 98.2 cm³/mol. The van der Waals surface area contributed by atoms with Crippen LogP contribution in [0.2, 0.25) is 0 Å². The summed E-state index contributed by atoms with van der Waals surface area (Å²) in [6.45, 7) is 4.74. The molecule has 4 heteroatoms. The van der Waals surface area contributed by atoms with Crippen molar-refractivity contribution in [2.45, 2.75) is 33.4 Å². The Morgan fingerprint density at radius 3 is 1.41 bits per heavy atom. The van der Waals surface area contributed by atoms with E-state index in [0.717, 1.165) is 0 Å². The monoisotopic (exact) mass is 328 g/mol. The van der Waals surface area contributed by atoms with E-state index in [1.807, 2.05) is 23.5 Å². The van der Waals surface area contributed by atoms with Crippen molar-refractivity contribution >= 4 is 34.9 Å². The van der Waals surface area contributed by atoms with Gasteiger partial charge in [-0.3, -0.25) is 0 Å². The summed E-state index contributed by atoms with van der Waals surface area (Å²) in [7, 11) is 4.45. The van der Waals surface area contributed by atoms with Gasteiger partial charge in [0.2, 0.25) is 0 Å². The molecule has 4 rings (SSSR count). The molecule has 0 spiro atoms. The Morgan fingerprint density at radius 1 is 0.682 bits per heavy atom. The molecule has 2 unspecified atom stereocenters. The number of anilines is 2. The Bertz CT molecular complexity index is 684. The summed E-state index contributed by atoms with van der Waals surface area (Å²) >= 11 is 3.96. The van der Waals surface area contributed by atoms with Crippen LogP contribution in [0.5, 0.6) is 0 Å². The average molecular weight is 329 g/mol. The van der Waals surface area contributed by atoms with Gasteiger partial charge in [0.05, 0.1) is 11.4 Å². The number of hydrogen-bond donors (Lipinski definition) is 0. The van der Waals surface area contributed by atoms with Crippen LogP contribution < -0.4 is 9.80 Å². The maximum Gasteiger partial charge on any atom is 0.120 e. The minimum absolute atomic E-state index is 0.0326.